The molecule has 0 saturated carbocycles. The highest BCUT2D eigenvalue weighted by Crippen LogP contribution is 2.23. The maximum absolute atomic E-state index is 11.8. The molecule has 1 N–H and O–H groups in total. The highest BCUT2D eigenvalue weighted by molar-refractivity contribution is 8.00. The SMILES string of the molecule is Cc1ccc(SCC(=O)OCC(=O)Nc2sccc2C#N)c(C)c1. The molecule has 2 aromatic rings. The van der Waals surface area contributed by atoms with E-state index in [-0.39, 0.29) is 12.4 Å². The number of nitriles is 1. The van der Waals surface area contributed by atoms with Crippen LogP contribution in [0.3, 0.4) is 0 Å². The van der Waals surface area contributed by atoms with Gasteiger partial charge in [-0.25, -0.2) is 0 Å². The van der Waals surface area contributed by atoms with Gasteiger partial charge in [0.05, 0.1) is 11.3 Å². The van der Waals surface area contributed by atoms with E-state index in [0.29, 0.717) is 10.6 Å². The number of aryl methyl sites for hydroxylation is 2. The lowest BCUT2D eigenvalue weighted by atomic mass is 10.2. The van der Waals surface area contributed by atoms with Crippen LogP contribution >= 0.6 is 23.1 Å². The van der Waals surface area contributed by atoms with Gasteiger partial charge in [0, 0.05) is 4.90 Å². The number of thioether (sulfide) groups is 1. The van der Waals surface area contributed by atoms with Gasteiger partial charge in [0.2, 0.25) is 0 Å². The molecule has 0 radical (unpaired) electrons. The summed E-state index contributed by atoms with van der Waals surface area (Å²) in [4.78, 5) is 24.5. The van der Waals surface area contributed by atoms with Crippen molar-refractivity contribution >= 4 is 40.0 Å². The second-order valence-corrected chi connectivity index (χ2v) is 6.97. The van der Waals surface area contributed by atoms with E-state index in [1.807, 2.05) is 32.0 Å². The van der Waals surface area contributed by atoms with Crippen LogP contribution in [0.2, 0.25) is 0 Å². The lowest BCUT2D eigenvalue weighted by molar-refractivity contribution is -0.144. The standard InChI is InChI=1S/C17H16N2O3S2/c1-11-3-4-14(12(2)7-11)24-10-16(21)22-9-15(20)19-17-13(8-18)5-6-23-17/h3-7H,9-10H2,1-2H3,(H,19,20). The number of benzene rings is 1. The second-order valence-electron chi connectivity index (χ2n) is 5.04. The topological polar surface area (TPSA) is 79.2 Å². The lowest BCUT2D eigenvalue weighted by Crippen LogP contribution is -2.21. The number of nitrogens with zero attached hydrogens (tertiary/aromatic N) is 1. The molecule has 0 aliphatic rings. The number of hydrogen-bond donors (Lipinski definition) is 1. The Morgan fingerprint density at radius 3 is 2.83 bits per heavy atom. The largest absolute Gasteiger partial charge is 0.455 e. The van der Waals surface area contributed by atoms with Crippen LogP contribution < -0.4 is 5.32 Å². The molecule has 0 atom stereocenters. The molecular formula is C17H16N2O3S2. The van der Waals surface area contributed by atoms with Gasteiger partial charge in [-0.15, -0.1) is 23.1 Å². The van der Waals surface area contributed by atoms with Crippen LogP contribution in [0.1, 0.15) is 16.7 Å². The summed E-state index contributed by atoms with van der Waals surface area (Å²) in [6.07, 6.45) is 0. The minimum Gasteiger partial charge on any atom is -0.455 e. The van der Waals surface area contributed by atoms with Gasteiger partial charge in [0.15, 0.2) is 6.61 Å². The predicted octanol–water partition coefficient (Wildman–Crippen LogP) is 3.51. The van der Waals surface area contributed by atoms with Gasteiger partial charge >= 0.3 is 5.97 Å². The minimum absolute atomic E-state index is 0.139. The number of nitrogens with one attached hydrogen (secondary N) is 1. The first-order chi connectivity index (χ1) is 11.5. The third-order valence-corrected chi connectivity index (χ3v) is 5.06. The van der Waals surface area contributed by atoms with Gasteiger partial charge in [0.1, 0.15) is 11.1 Å². The highest BCUT2D eigenvalue weighted by atomic mass is 32.2. The molecule has 124 valence electrons. The summed E-state index contributed by atoms with van der Waals surface area (Å²) in [5, 5.41) is 13.6. The monoisotopic (exact) mass is 360 g/mol. The van der Waals surface area contributed by atoms with Crippen molar-refractivity contribution in [3.63, 3.8) is 0 Å². The maximum Gasteiger partial charge on any atom is 0.316 e. The van der Waals surface area contributed by atoms with Crippen LogP contribution in [0, 0.1) is 25.2 Å². The van der Waals surface area contributed by atoms with E-state index in [9.17, 15) is 9.59 Å². The van der Waals surface area contributed by atoms with Gasteiger partial charge < -0.3 is 10.1 Å². The zero-order valence-electron chi connectivity index (χ0n) is 13.3. The molecule has 1 amide bonds. The fourth-order valence-corrected chi connectivity index (χ4v) is 3.50. The van der Waals surface area contributed by atoms with E-state index >= 15 is 0 Å². The summed E-state index contributed by atoms with van der Waals surface area (Å²) in [7, 11) is 0. The lowest BCUT2D eigenvalue weighted by Gasteiger charge is -2.07. The van der Waals surface area contributed by atoms with E-state index in [0.717, 1.165) is 10.5 Å². The van der Waals surface area contributed by atoms with E-state index in [2.05, 4.69) is 11.4 Å². The highest BCUT2D eigenvalue weighted by Gasteiger charge is 2.12. The zero-order chi connectivity index (χ0) is 17.5. The van der Waals surface area contributed by atoms with Crippen molar-refractivity contribution in [2.24, 2.45) is 0 Å². The molecule has 1 aromatic heterocycles. The Labute approximate surface area is 148 Å². The van der Waals surface area contributed by atoms with E-state index in [1.54, 1.807) is 11.4 Å². The minimum atomic E-state index is -0.459. The summed E-state index contributed by atoms with van der Waals surface area (Å²) in [5.74, 6) is -0.778. The zero-order valence-corrected chi connectivity index (χ0v) is 14.9. The Morgan fingerprint density at radius 2 is 2.12 bits per heavy atom. The molecule has 0 fully saturated rings. The molecule has 0 aliphatic carbocycles. The van der Waals surface area contributed by atoms with E-state index < -0.39 is 11.9 Å². The van der Waals surface area contributed by atoms with Gasteiger partial charge in [-0.05, 0) is 36.9 Å². The first kappa shape index (κ1) is 18.0. The number of hydrogen-bond acceptors (Lipinski definition) is 6. The molecule has 2 rings (SSSR count). The average molecular weight is 360 g/mol. The molecule has 0 aliphatic heterocycles. The average Bonchev–Trinajstić information content (AvgIpc) is 2.99. The molecule has 5 nitrogen and oxygen atoms in total. The van der Waals surface area contributed by atoms with E-state index in [1.165, 1.54) is 28.7 Å². The van der Waals surface area contributed by atoms with Gasteiger partial charge in [-0.1, -0.05) is 17.7 Å². The van der Waals surface area contributed by atoms with Crippen LogP contribution in [-0.4, -0.2) is 24.2 Å². The number of carbonyl (C=O) groups excluding carboxylic acids is 2. The molecule has 0 bridgehead atoms. The maximum atomic E-state index is 11.8. The number of carbonyl (C=O) groups is 2. The molecule has 0 unspecified atom stereocenters. The summed E-state index contributed by atoms with van der Waals surface area (Å²) in [5.41, 5.74) is 2.67. The van der Waals surface area contributed by atoms with Crippen LogP contribution in [0.15, 0.2) is 34.5 Å². The molecule has 0 saturated heterocycles. The first-order valence-electron chi connectivity index (χ1n) is 7.12. The molecular weight excluding hydrogens is 344 g/mol. The second kappa shape index (κ2) is 8.52. The van der Waals surface area contributed by atoms with Gasteiger partial charge in [-0.2, -0.15) is 5.26 Å². The van der Waals surface area contributed by atoms with Crippen molar-refractivity contribution in [3.8, 4) is 6.07 Å². The fourth-order valence-electron chi connectivity index (χ4n) is 1.94. The molecule has 0 spiro atoms. The summed E-state index contributed by atoms with van der Waals surface area (Å²) >= 11 is 2.63. The van der Waals surface area contributed by atoms with Crippen molar-refractivity contribution in [1.29, 1.82) is 5.26 Å². The third kappa shape index (κ3) is 5.11. The summed E-state index contributed by atoms with van der Waals surface area (Å²) in [6.45, 7) is 3.64. The number of thiophene rings is 1. The Kier molecular flexibility index (Phi) is 6.41. The van der Waals surface area contributed by atoms with Crippen LogP contribution in [0.4, 0.5) is 5.00 Å². The third-order valence-electron chi connectivity index (χ3n) is 3.08. The number of rotatable bonds is 6. The molecule has 1 aromatic carbocycles. The van der Waals surface area contributed by atoms with Crippen molar-refractivity contribution in [3.05, 3.63) is 46.3 Å². The molecule has 7 heteroatoms. The number of anilines is 1. The van der Waals surface area contributed by atoms with Crippen molar-refractivity contribution in [2.45, 2.75) is 18.7 Å². The number of ether oxygens (including phenoxy) is 1. The normalized spacial score (nSPS) is 10.0. The predicted molar refractivity (Wildman–Crippen MR) is 95.3 cm³/mol. The van der Waals surface area contributed by atoms with Crippen LogP contribution in [0.25, 0.3) is 0 Å². The summed E-state index contributed by atoms with van der Waals surface area (Å²) in [6, 6.07) is 9.60. The Balaban J connectivity index is 1.76. The van der Waals surface area contributed by atoms with Gasteiger partial charge in [-0.3, -0.25) is 9.59 Å². The Bertz CT molecular complexity index is 793. The Hall–Kier alpha value is -2.30. The Morgan fingerprint density at radius 1 is 1.33 bits per heavy atom. The fraction of sp³-hybridized carbons (Fsp3) is 0.235. The first-order valence-corrected chi connectivity index (χ1v) is 8.99. The van der Waals surface area contributed by atoms with Crippen molar-refractivity contribution in [2.75, 3.05) is 17.7 Å². The van der Waals surface area contributed by atoms with Crippen molar-refractivity contribution in [1.82, 2.24) is 0 Å². The quantitative estimate of drug-likeness (QED) is 0.630. The molecule has 1 heterocycles. The molecule has 24 heavy (non-hydrogen) atoms. The number of amides is 1. The number of esters is 1. The smallest absolute Gasteiger partial charge is 0.316 e. The van der Waals surface area contributed by atoms with Crippen molar-refractivity contribution < 1.29 is 14.3 Å². The van der Waals surface area contributed by atoms with Crippen LogP contribution in [0.5, 0.6) is 0 Å². The van der Waals surface area contributed by atoms with Gasteiger partial charge in [0.25, 0.3) is 5.91 Å². The summed E-state index contributed by atoms with van der Waals surface area (Å²) < 4.78 is 4.96. The van der Waals surface area contributed by atoms with E-state index in [4.69, 9.17) is 10.00 Å². The van der Waals surface area contributed by atoms with Crippen LogP contribution in [-0.2, 0) is 14.3 Å².